The minimum atomic E-state index is -0.283. The number of halogens is 1. The number of hydrogen-bond acceptors (Lipinski definition) is 3. The van der Waals surface area contributed by atoms with E-state index < -0.39 is 0 Å². The number of phenolic OH excluding ortho intramolecular Hbond substituents is 1. The second-order valence-electron chi connectivity index (χ2n) is 11.6. The van der Waals surface area contributed by atoms with Crippen molar-refractivity contribution in [3.8, 4) is 5.75 Å². The highest BCUT2D eigenvalue weighted by molar-refractivity contribution is 9.08. The molecular formula is C30H39BrN2O2. The molecule has 1 atom stereocenters. The van der Waals surface area contributed by atoms with E-state index in [0.717, 1.165) is 41.9 Å². The summed E-state index contributed by atoms with van der Waals surface area (Å²) in [5, 5.41) is 11.0. The zero-order valence-electron chi connectivity index (χ0n) is 22.2. The number of amidine groups is 1. The van der Waals surface area contributed by atoms with Crippen LogP contribution in [0.3, 0.4) is 0 Å². The fraction of sp³-hybridized carbons (Fsp3) is 0.467. The Balaban J connectivity index is 1.98. The first-order chi connectivity index (χ1) is 16.4. The van der Waals surface area contributed by atoms with Gasteiger partial charge in [-0.05, 0) is 41.0 Å². The zero-order chi connectivity index (χ0) is 26.0. The van der Waals surface area contributed by atoms with Gasteiger partial charge < -0.3 is 10.0 Å². The molecule has 0 aliphatic carbocycles. The van der Waals surface area contributed by atoms with E-state index in [4.69, 9.17) is 0 Å². The van der Waals surface area contributed by atoms with Gasteiger partial charge in [-0.25, -0.2) is 0 Å². The number of phenols is 1. The maximum atomic E-state index is 13.6. The number of likely N-dealkylation sites (tertiary alicyclic amines) is 1. The highest BCUT2D eigenvalue weighted by atomic mass is 79.9. The van der Waals surface area contributed by atoms with Crippen molar-refractivity contribution in [3.63, 3.8) is 0 Å². The van der Waals surface area contributed by atoms with Gasteiger partial charge in [0.1, 0.15) is 11.6 Å². The molecule has 0 amide bonds. The van der Waals surface area contributed by atoms with Crippen LogP contribution in [0.2, 0.25) is 0 Å². The lowest BCUT2D eigenvalue weighted by atomic mass is 9.78. The Labute approximate surface area is 219 Å². The van der Waals surface area contributed by atoms with Crippen LogP contribution in [0.25, 0.3) is 6.08 Å². The minimum absolute atomic E-state index is 0.0332. The standard InChI is InChI=1S/C30H39BrN2O2/c1-8-12-21-18-33(28(32-31)23(21)15-20-13-10-9-11-14-20)19-26(34)22-16-24(29(2,3)4)27(35)25(17-22)30(5,6)7/h9-11,13-17,21,35H,8,12,18-19H2,1-7H3/b23-15+,32-28?. The maximum Gasteiger partial charge on any atom is 0.182 e. The normalized spacial score (nSPS) is 19.1. The average molecular weight is 540 g/mol. The van der Waals surface area contributed by atoms with Gasteiger partial charge in [-0.2, -0.15) is 4.02 Å². The molecule has 3 rings (SSSR count). The fourth-order valence-corrected chi connectivity index (χ4v) is 5.20. The quantitative estimate of drug-likeness (QED) is 0.383. The molecule has 2 aromatic rings. The Morgan fingerprint density at radius 3 is 2.14 bits per heavy atom. The van der Waals surface area contributed by atoms with Crippen LogP contribution in [0, 0.1) is 5.92 Å². The van der Waals surface area contributed by atoms with Gasteiger partial charge in [-0.1, -0.05) is 85.2 Å². The summed E-state index contributed by atoms with van der Waals surface area (Å²) in [6.45, 7) is 15.6. The summed E-state index contributed by atoms with van der Waals surface area (Å²) >= 11 is 3.34. The summed E-state index contributed by atoms with van der Waals surface area (Å²) in [6.07, 6.45) is 4.30. The SMILES string of the molecule is CCCC1CN(CC(=O)c2cc(C(C)(C)C)c(O)c(C(C)(C)C)c2)C(=NBr)/C1=C/c1ccccc1. The third-order valence-corrected chi connectivity index (χ3v) is 7.00. The lowest BCUT2D eigenvalue weighted by Gasteiger charge is -2.28. The van der Waals surface area contributed by atoms with Crippen molar-refractivity contribution in [3.05, 3.63) is 70.3 Å². The number of carbonyl (C=O) groups excluding carboxylic acids is 1. The summed E-state index contributed by atoms with van der Waals surface area (Å²) in [4.78, 5) is 15.7. The van der Waals surface area contributed by atoms with Crippen molar-refractivity contribution in [2.75, 3.05) is 13.1 Å². The van der Waals surface area contributed by atoms with Gasteiger partial charge >= 0.3 is 0 Å². The van der Waals surface area contributed by atoms with Crippen molar-refractivity contribution in [1.82, 2.24) is 4.90 Å². The third kappa shape index (κ3) is 6.24. The summed E-state index contributed by atoms with van der Waals surface area (Å²) in [5.74, 6) is 1.47. The molecule has 1 heterocycles. The van der Waals surface area contributed by atoms with Crippen molar-refractivity contribution < 1.29 is 9.90 Å². The van der Waals surface area contributed by atoms with Crippen LogP contribution in [-0.4, -0.2) is 34.7 Å². The molecule has 0 saturated carbocycles. The second-order valence-corrected chi connectivity index (χ2v) is 12.0. The first kappa shape index (κ1) is 27.2. The molecule has 1 N–H and O–H groups in total. The first-order valence-electron chi connectivity index (χ1n) is 12.5. The van der Waals surface area contributed by atoms with Crippen LogP contribution in [0.5, 0.6) is 5.75 Å². The number of benzene rings is 2. The van der Waals surface area contributed by atoms with E-state index in [0.29, 0.717) is 17.2 Å². The fourth-order valence-electron chi connectivity index (χ4n) is 4.77. The van der Waals surface area contributed by atoms with E-state index in [-0.39, 0.29) is 23.2 Å². The molecule has 1 saturated heterocycles. The van der Waals surface area contributed by atoms with Gasteiger partial charge in [0.2, 0.25) is 0 Å². The Kier molecular flexibility index (Phi) is 8.31. The van der Waals surface area contributed by atoms with Crippen LogP contribution < -0.4 is 0 Å². The molecule has 0 spiro atoms. The summed E-state index contributed by atoms with van der Waals surface area (Å²) in [6, 6.07) is 14.0. The number of carbonyl (C=O) groups is 1. The molecule has 1 fully saturated rings. The zero-order valence-corrected chi connectivity index (χ0v) is 23.7. The second kappa shape index (κ2) is 10.7. The molecule has 35 heavy (non-hydrogen) atoms. The average Bonchev–Trinajstić information content (AvgIpc) is 3.08. The molecule has 0 bridgehead atoms. The Bertz CT molecular complexity index is 1090. The summed E-state index contributed by atoms with van der Waals surface area (Å²) in [7, 11) is 0. The monoisotopic (exact) mass is 538 g/mol. The number of Topliss-reactive ketones (excluding diaryl/α,β-unsaturated/α-hetero) is 1. The van der Waals surface area contributed by atoms with Gasteiger partial charge in [-0.3, -0.25) is 4.79 Å². The lowest BCUT2D eigenvalue weighted by molar-refractivity contribution is 0.0963. The van der Waals surface area contributed by atoms with E-state index in [1.54, 1.807) is 0 Å². The van der Waals surface area contributed by atoms with E-state index in [1.807, 2.05) is 30.3 Å². The Morgan fingerprint density at radius 2 is 1.66 bits per heavy atom. The van der Waals surface area contributed by atoms with Crippen molar-refractivity contribution in [2.45, 2.75) is 72.1 Å². The van der Waals surface area contributed by atoms with Crippen LogP contribution in [0.15, 0.2) is 52.1 Å². The first-order valence-corrected chi connectivity index (χ1v) is 13.2. The molecule has 1 aliphatic rings. The third-order valence-electron chi connectivity index (χ3n) is 6.66. The lowest BCUT2D eigenvalue weighted by Crippen LogP contribution is -2.32. The number of nitrogens with zero attached hydrogens (tertiary/aromatic N) is 2. The number of aromatic hydroxyl groups is 1. The van der Waals surface area contributed by atoms with Gasteiger partial charge in [0, 0.05) is 34.7 Å². The number of hydrogen-bond donors (Lipinski definition) is 1. The molecule has 188 valence electrons. The highest BCUT2D eigenvalue weighted by Gasteiger charge is 2.34. The predicted molar refractivity (Wildman–Crippen MR) is 151 cm³/mol. The molecule has 0 radical (unpaired) electrons. The smallest absolute Gasteiger partial charge is 0.182 e. The highest BCUT2D eigenvalue weighted by Crippen LogP contribution is 2.40. The van der Waals surface area contributed by atoms with Crippen LogP contribution in [0.1, 0.15) is 88.4 Å². The Hall–Kier alpha value is -2.40. The van der Waals surface area contributed by atoms with E-state index in [2.05, 4.69) is 91.7 Å². The number of rotatable bonds is 6. The largest absolute Gasteiger partial charge is 0.507 e. The molecule has 2 aromatic carbocycles. The van der Waals surface area contributed by atoms with Crippen molar-refractivity contribution in [2.24, 2.45) is 9.94 Å². The van der Waals surface area contributed by atoms with Gasteiger partial charge in [0.25, 0.3) is 0 Å². The van der Waals surface area contributed by atoms with Crippen LogP contribution in [0.4, 0.5) is 0 Å². The molecule has 1 aliphatic heterocycles. The van der Waals surface area contributed by atoms with Crippen LogP contribution in [-0.2, 0) is 10.8 Å². The minimum Gasteiger partial charge on any atom is -0.507 e. The van der Waals surface area contributed by atoms with E-state index >= 15 is 0 Å². The predicted octanol–water partition coefficient (Wildman–Crippen LogP) is 7.69. The van der Waals surface area contributed by atoms with E-state index in [1.165, 1.54) is 5.57 Å². The van der Waals surface area contributed by atoms with E-state index in [9.17, 15) is 9.90 Å². The topological polar surface area (TPSA) is 52.9 Å². The molecular weight excluding hydrogens is 500 g/mol. The summed E-state index contributed by atoms with van der Waals surface area (Å²) in [5.41, 5.74) is 3.98. The van der Waals surface area contributed by atoms with Gasteiger partial charge in [-0.15, -0.1) is 0 Å². The summed E-state index contributed by atoms with van der Waals surface area (Å²) < 4.78 is 4.45. The maximum absolute atomic E-state index is 13.6. The number of ketones is 1. The molecule has 4 nitrogen and oxygen atoms in total. The molecule has 5 heteroatoms. The molecule has 0 aromatic heterocycles. The van der Waals surface area contributed by atoms with Crippen LogP contribution >= 0.6 is 16.1 Å². The van der Waals surface area contributed by atoms with Gasteiger partial charge in [0.05, 0.1) is 22.7 Å². The van der Waals surface area contributed by atoms with Gasteiger partial charge in [0.15, 0.2) is 5.78 Å². The molecule has 1 unspecified atom stereocenters. The Morgan fingerprint density at radius 1 is 1.09 bits per heavy atom. The van der Waals surface area contributed by atoms with Crippen molar-refractivity contribution >= 4 is 33.8 Å². The van der Waals surface area contributed by atoms with Crippen molar-refractivity contribution in [1.29, 1.82) is 0 Å².